The maximum Gasteiger partial charge on any atom is 0.265 e. The van der Waals surface area contributed by atoms with Gasteiger partial charge >= 0.3 is 0 Å². The monoisotopic (exact) mass is 382 g/mol. The van der Waals surface area contributed by atoms with E-state index in [1.165, 1.54) is 12.8 Å². The van der Waals surface area contributed by atoms with E-state index < -0.39 is 11.9 Å². The smallest absolute Gasteiger partial charge is 0.265 e. The summed E-state index contributed by atoms with van der Waals surface area (Å²) in [6.45, 7) is 2.84. The number of rotatable bonds is 13. The largest absolute Gasteiger partial charge is 0.494 e. The molecule has 0 bridgehead atoms. The van der Waals surface area contributed by atoms with Gasteiger partial charge in [-0.05, 0) is 55.5 Å². The molecule has 1 aromatic carbocycles. The predicted molar refractivity (Wildman–Crippen MR) is 105 cm³/mol. The fourth-order valence-corrected chi connectivity index (χ4v) is 2.90. The van der Waals surface area contributed by atoms with Gasteiger partial charge in [0.2, 0.25) is 0 Å². The summed E-state index contributed by atoms with van der Waals surface area (Å²) in [5, 5.41) is 11.5. The molecule has 0 spiro atoms. The molecule has 3 N–H and O–H groups in total. The summed E-state index contributed by atoms with van der Waals surface area (Å²) < 4.78 is 5.66. The second kappa shape index (κ2) is 13.5. The van der Waals surface area contributed by atoms with E-state index in [1.54, 1.807) is 41.5 Å². The Hall–Kier alpha value is -1.73. The Morgan fingerprint density at radius 3 is 2.50 bits per heavy atom. The Kier molecular flexibility index (Phi) is 11.6. The fraction of sp³-hybridized carbons (Fsp3) is 0.579. The number of ether oxygens (including phenoxy) is 1. The van der Waals surface area contributed by atoms with Crippen molar-refractivity contribution < 1.29 is 19.5 Å². The summed E-state index contributed by atoms with van der Waals surface area (Å²) in [5.74, 6) is 0.654. The average Bonchev–Trinajstić information content (AvgIpc) is 2.67. The number of carbonyl (C=O) groups excluding carboxylic acids is 2. The van der Waals surface area contributed by atoms with Crippen LogP contribution < -0.4 is 15.5 Å². The number of carbonyl (C=O) groups is 2. The van der Waals surface area contributed by atoms with Crippen LogP contribution >= 0.6 is 11.8 Å². The van der Waals surface area contributed by atoms with Crippen LogP contribution in [0.25, 0.3) is 0 Å². The number of hydrogen-bond donors (Lipinski definition) is 3. The van der Waals surface area contributed by atoms with Gasteiger partial charge in [-0.15, -0.1) is 0 Å². The molecule has 0 aromatic heterocycles. The first-order valence-electron chi connectivity index (χ1n) is 9.09. The first-order chi connectivity index (χ1) is 12.6. The SMILES string of the molecule is CCCCCCOc1ccc(C(=O)NC(CCCSC)C(=O)NO)cc1. The van der Waals surface area contributed by atoms with E-state index in [-0.39, 0.29) is 5.91 Å². The predicted octanol–water partition coefficient (Wildman–Crippen LogP) is 3.39. The number of hydrogen-bond acceptors (Lipinski definition) is 5. The number of hydroxylamine groups is 1. The van der Waals surface area contributed by atoms with Crippen LogP contribution in [0.1, 0.15) is 55.8 Å². The molecule has 1 rings (SSSR count). The van der Waals surface area contributed by atoms with E-state index in [4.69, 9.17) is 9.94 Å². The molecule has 2 amide bonds. The summed E-state index contributed by atoms with van der Waals surface area (Å²) in [4.78, 5) is 24.1. The van der Waals surface area contributed by atoms with E-state index in [0.717, 1.165) is 30.8 Å². The number of thioether (sulfide) groups is 1. The van der Waals surface area contributed by atoms with Gasteiger partial charge in [-0.1, -0.05) is 26.2 Å². The zero-order valence-electron chi connectivity index (χ0n) is 15.6. The molecule has 146 valence electrons. The molecule has 0 heterocycles. The lowest BCUT2D eigenvalue weighted by Gasteiger charge is -2.16. The van der Waals surface area contributed by atoms with Crippen LogP contribution in [-0.4, -0.2) is 41.7 Å². The van der Waals surface area contributed by atoms with Crippen molar-refractivity contribution in [1.82, 2.24) is 10.8 Å². The Morgan fingerprint density at radius 1 is 1.15 bits per heavy atom. The zero-order chi connectivity index (χ0) is 19.2. The summed E-state index contributed by atoms with van der Waals surface area (Å²) in [6.07, 6.45) is 7.79. The minimum atomic E-state index is -0.755. The van der Waals surface area contributed by atoms with Gasteiger partial charge in [0.1, 0.15) is 11.8 Å². The molecule has 7 heteroatoms. The molecular weight excluding hydrogens is 352 g/mol. The highest BCUT2D eigenvalue weighted by atomic mass is 32.2. The van der Waals surface area contributed by atoms with Gasteiger partial charge in [0, 0.05) is 5.56 Å². The highest BCUT2D eigenvalue weighted by Gasteiger charge is 2.20. The van der Waals surface area contributed by atoms with Gasteiger partial charge in [-0.2, -0.15) is 11.8 Å². The number of amides is 2. The van der Waals surface area contributed by atoms with Crippen molar-refractivity contribution in [3.05, 3.63) is 29.8 Å². The molecule has 0 fully saturated rings. The third-order valence-corrected chi connectivity index (χ3v) is 4.65. The van der Waals surface area contributed by atoms with Crippen LogP contribution in [0.2, 0.25) is 0 Å². The van der Waals surface area contributed by atoms with E-state index in [2.05, 4.69) is 12.2 Å². The van der Waals surface area contributed by atoms with Crippen molar-refractivity contribution in [1.29, 1.82) is 0 Å². The van der Waals surface area contributed by atoms with E-state index in [1.807, 2.05) is 6.26 Å². The van der Waals surface area contributed by atoms with Crippen molar-refractivity contribution in [3.63, 3.8) is 0 Å². The summed E-state index contributed by atoms with van der Waals surface area (Å²) in [5.41, 5.74) is 2.06. The van der Waals surface area contributed by atoms with Gasteiger partial charge in [0.05, 0.1) is 6.61 Å². The maximum atomic E-state index is 12.3. The molecule has 0 saturated carbocycles. The fourth-order valence-electron chi connectivity index (χ4n) is 2.44. The molecule has 1 unspecified atom stereocenters. The standard InChI is InChI=1S/C19H30N2O4S/c1-3-4-5-6-13-25-16-11-9-15(10-12-16)18(22)20-17(19(23)21-24)8-7-14-26-2/h9-12,17,24H,3-8,13-14H2,1-2H3,(H,20,22)(H,21,23). The van der Waals surface area contributed by atoms with Gasteiger partial charge in [-0.3, -0.25) is 14.8 Å². The highest BCUT2D eigenvalue weighted by Crippen LogP contribution is 2.14. The number of nitrogens with one attached hydrogen (secondary N) is 2. The molecule has 6 nitrogen and oxygen atoms in total. The summed E-state index contributed by atoms with van der Waals surface area (Å²) >= 11 is 1.67. The Bertz CT molecular complexity index is 537. The highest BCUT2D eigenvalue weighted by molar-refractivity contribution is 7.98. The van der Waals surface area contributed by atoms with Crippen molar-refractivity contribution in [2.24, 2.45) is 0 Å². The minimum absolute atomic E-state index is 0.350. The van der Waals surface area contributed by atoms with Crippen LogP contribution in [-0.2, 0) is 4.79 Å². The van der Waals surface area contributed by atoms with Crippen molar-refractivity contribution in [3.8, 4) is 5.75 Å². The van der Waals surface area contributed by atoms with Crippen LogP contribution in [0.15, 0.2) is 24.3 Å². The molecule has 0 aliphatic heterocycles. The summed E-state index contributed by atoms with van der Waals surface area (Å²) in [6, 6.07) is 6.10. The lowest BCUT2D eigenvalue weighted by atomic mass is 10.1. The van der Waals surface area contributed by atoms with Crippen LogP contribution in [0, 0.1) is 0 Å². The van der Waals surface area contributed by atoms with Crippen molar-refractivity contribution >= 4 is 23.6 Å². The van der Waals surface area contributed by atoms with E-state index in [9.17, 15) is 9.59 Å². The van der Waals surface area contributed by atoms with Gasteiger partial charge in [0.25, 0.3) is 11.8 Å². The Morgan fingerprint density at radius 2 is 1.88 bits per heavy atom. The second-order valence-electron chi connectivity index (χ2n) is 6.07. The summed E-state index contributed by atoms with van der Waals surface area (Å²) in [7, 11) is 0. The molecule has 26 heavy (non-hydrogen) atoms. The van der Waals surface area contributed by atoms with Crippen molar-refractivity contribution in [2.45, 2.75) is 51.5 Å². The zero-order valence-corrected chi connectivity index (χ0v) is 16.4. The number of unbranched alkanes of at least 4 members (excludes halogenated alkanes) is 3. The van der Waals surface area contributed by atoms with Crippen LogP contribution in [0.5, 0.6) is 5.75 Å². The molecule has 1 atom stereocenters. The topological polar surface area (TPSA) is 87.7 Å². The van der Waals surface area contributed by atoms with Gasteiger partial charge in [0.15, 0.2) is 0 Å². The Balaban J connectivity index is 2.52. The molecule has 1 aromatic rings. The lowest BCUT2D eigenvalue weighted by molar-refractivity contribution is -0.131. The lowest BCUT2D eigenvalue weighted by Crippen LogP contribution is -2.45. The van der Waals surface area contributed by atoms with Crippen LogP contribution in [0.3, 0.4) is 0 Å². The van der Waals surface area contributed by atoms with E-state index in [0.29, 0.717) is 18.6 Å². The number of benzene rings is 1. The van der Waals surface area contributed by atoms with Crippen molar-refractivity contribution in [2.75, 3.05) is 18.6 Å². The molecule has 0 aliphatic carbocycles. The molecule has 0 radical (unpaired) electrons. The first kappa shape index (κ1) is 22.3. The first-order valence-corrected chi connectivity index (χ1v) is 10.5. The minimum Gasteiger partial charge on any atom is -0.494 e. The van der Waals surface area contributed by atoms with Gasteiger partial charge in [-0.25, -0.2) is 5.48 Å². The van der Waals surface area contributed by atoms with Gasteiger partial charge < -0.3 is 10.1 Å². The average molecular weight is 383 g/mol. The van der Waals surface area contributed by atoms with Crippen LogP contribution in [0.4, 0.5) is 0 Å². The molecule has 0 saturated heterocycles. The van der Waals surface area contributed by atoms with E-state index >= 15 is 0 Å². The molecular formula is C19H30N2O4S. The normalized spacial score (nSPS) is 11.7. The Labute approximate surface area is 160 Å². The third kappa shape index (κ3) is 8.58. The molecule has 0 aliphatic rings. The second-order valence-corrected chi connectivity index (χ2v) is 7.06. The maximum absolute atomic E-state index is 12.3. The quantitative estimate of drug-likeness (QED) is 0.276. The third-order valence-electron chi connectivity index (χ3n) is 3.96.